The first kappa shape index (κ1) is 20.5. The standard InChI is InChI=1S/C18H15F3N4O3S/c1-24-13(8-14(26)25(2)17(24)28)15(27)23-16-22-9-12(29-16)7-10-4-3-5-11(6-10)18(19,20)21/h3-6,8-9H,7H2,1-2H3,(H,22,23,27). The van der Waals surface area contributed by atoms with Crippen LogP contribution >= 0.6 is 11.3 Å². The summed E-state index contributed by atoms with van der Waals surface area (Å²) in [5.74, 6) is -0.692. The molecule has 0 fully saturated rings. The van der Waals surface area contributed by atoms with Crippen molar-refractivity contribution >= 4 is 22.4 Å². The number of hydrogen-bond donors (Lipinski definition) is 1. The van der Waals surface area contributed by atoms with Crippen molar-refractivity contribution in [2.24, 2.45) is 14.1 Å². The van der Waals surface area contributed by atoms with E-state index in [0.29, 0.717) is 10.4 Å². The topological polar surface area (TPSA) is 86.0 Å². The van der Waals surface area contributed by atoms with E-state index in [-0.39, 0.29) is 17.2 Å². The van der Waals surface area contributed by atoms with Crippen LogP contribution in [0.15, 0.2) is 46.1 Å². The third-order valence-corrected chi connectivity index (χ3v) is 5.08. The molecule has 0 saturated heterocycles. The minimum Gasteiger partial charge on any atom is -0.297 e. The van der Waals surface area contributed by atoms with Crippen molar-refractivity contribution in [3.8, 4) is 0 Å². The van der Waals surface area contributed by atoms with Gasteiger partial charge in [0.2, 0.25) is 0 Å². The number of alkyl halides is 3. The van der Waals surface area contributed by atoms with E-state index in [2.05, 4.69) is 10.3 Å². The molecule has 0 aliphatic carbocycles. The molecule has 7 nitrogen and oxygen atoms in total. The molecule has 1 amide bonds. The molecule has 29 heavy (non-hydrogen) atoms. The van der Waals surface area contributed by atoms with Gasteiger partial charge in [-0.2, -0.15) is 13.2 Å². The van der Waals surface area contributed by atoms with E-state index in [1.807, 2.05) is 0 Å². The van der Waals surface area contributed by atoms with Gasteiger partial charge in [0.1, 0.15) is 5.69 Å². The Bertz CT molecular complexity index is 1190. The summed E-state index contributed by atoms with van der Waals surface area (Å²) >= 11 is 1.09. The highest BCUT2D eigenvalue weighted by molar-refractivity contribution is 7.15. The normalized spacial score (nSPS) is 11.5. The Labute approximate surface area is 166 Å². The molecule has 0 saturated carbocycles. The Morgan fingerprint density at radius 1 is 1.17 bits per heavy atom. The number of halogens is 3. The van der Waals surface area contributed by atoms with E-state index in [9.17, 15) is 27.6 Å². The fraction of sp³-hybridized carbons (Fsp3) is 0.222. The summed E-state index contributed by atoms with van der Waals surface area (Å²) in [6.45, 7) is 0. The first-order valence-electron chi connectivity index (χ1n) is 8.25. The lowest BCUT2D eigenvalue weighted by Gasteiger charge is -2.08. The number of hydrogen-bond acceptors (Lipinski definition) is 5. The maximum atomic E-state index is 12.8. The summed E-state index contributed by atoms with van der Waals surface area (Å²) in [4.78, 5) is 40.7. The Morgan fingerprint density at radius 2 is 1.90 bits per heavy atom. The molecule has 0 radical (unpaired) electrons. The van der Waals surface area contributed by atoms with Gasteiger partial charge in [0.15, 0.2) is 5.13 Å². The summed E-state index contributed by atoms with van der Waals surface area (Å²) in [6.07, 6.45) is -2.77. The van der Waals surface area contributed by atoms with Gasteiger partial charge < -0.3 is 0 Å². The summed E-state index contributed by atoms with van der Waals surface area (Å²) in [6, 6.07) is 6.00. The highest BCUT2D eigenvalue weighted by Gasteiger charge is 2.30. The van der Waals surface area contributed by atoms with Gasteiger partial charge in [-0.05, 0) is 11.6 Å². The van der Waals surface area contributed by atoms with Crippen LogP contribution in [0, 0.1) is 0 Å². The van der Waals surface area contributed by atoms with Gasteiger partial charge in [-0.3, -0.25) is 24.0 Å². The second kappa shape index (κ2) is 7.66. The van der Waals surface area contributed by atoms with Crippen LogP contribution in [-0.2, 0) is 26.7 Å². The quantitative estimate of drug-likeness (QED) is 0.697. The Morgan fingerprint density at radius 3 is 2.59 bits per heavy atom. The molecule has 3 rings (SSSR count). The zero-order chi connectivity index (χ0) is 21.3. The third-order valence-electron chi connectivity index (χ3n) is 4.17. The van der Waals surface area contributed by atoms with E-state index < -0.39 is 28.9 Å². The Hall–Kier alpha value is -3.21. The summed E-state index contributed by atoms with van der Waals surface area (Å²) in [7, 11) is 2.66. The summed E-state index contributed by atoms with van der Waals surface area (Å²) in [5.41, 5.74) is -1.68. The number of aromatic nitrogens is 3. The first-order valence-corrected chi connectivity index (χ1v) is 9.07. The number of nitrogens with zero attached hydrogens (tertiary/aromatic N) is 3. The molecule has 0 unspecified atom stereocenters. The van der Waals surface area contributed by atoms with Crippen LogP contribution in [-0.4, -0.2) is 20.0 Å². The van der Waals surface area contributed by atoms with Crippen molar-refractivity contribution in [3.05, 3.63) is 79.1 Å². The summed E-state index contributed by atoms with van der Waals surface area (Å²) in [5, 5.41) is 2.69. The summed E-state index contributed by atoms with van der Waals surface area (Å²) < 4.78 is 40.4. The SMILES string of the molecule is Cn1c(C(=O)Nc2ncc(Cc3cccc(C(F)(F)F)c3)s2)cc(=O)n(C)c1=O. The van der Waals surface area contributed by atoms with Crippen molar-refractivity contribution < 1.29 is 18.0 Å². The van der Waals surface area contributed by atoms with Crippen molar-refractivity contribution in [1.82, 2.24) is 14.1 Å². The molecule has 1 N–H and O–H groups in total. The largest absolute Gasteiger partial charge is 0.416 e. The minimum atomic E-state index is -4.43. The van der Waals surface area contributed by atoms with Gasteiger partial charge in [0.05, 0.1) is 5.56 Å². The Kier molecular flexibility index (Phi) is 5.42. The average Bonchev–Trinajstić information content (AvgIpc) is 3.09. The van der Waals surface area contributed by atoms with Crippen molar-refractivity contribution in [2.75, 3.05) is 5.32 Å². The number of nitrogens with one attached hydrogen (secondary N) is 1. The molecule has 11 heteroatoms. The molecular weight excluding hydrogens is 409 g/mol. The molecule has 0 bridgehead atoms. The molecular formula is C18H15F3N4O3S. The maximum Gasteiger partial charge on any atom is 0.416 e. The fourth-order valence-electron chi connectivity index (χ4n) is 2.62. The predicted molar refractivity (Wildman–Crippen MR) is 101 cm³/mol. The van der Waals surface area contributed by atoms with Crippen LogP contribution < -0.4 is 16.6 Å². The highest BCUT2D eigenvalue weighted by atomic mass is 32.1. The molecule has 3 aromatic rings. The highest BCUT2D eigenvalue weighted by Crippen LogP contribution is 2.30. The van der Waals surface area contributed by atoms with E-state index in [1.165, 1.54) is 26.4 Å². The molecule has 2 aromatic heterocycles. The van der Waals surface area contributed by atoms with Crippen molar-refractivity contribution in [1.29, 1.82) is 0 Å². The monoisotopic (exact) mass is 424 g/mol. The van der Waals surface area contributed by atoms with Gasteiger partial charge in [-0.25, -0.2) is 9.78 Å². The second-order valence-corrected chi connectivity index (χ2v) is 7.34. The van der Waals surface area contributed by atoms with Crippen LogP contribution in [0.1, 0.15) is 26.5 Å². The molecule has 0 atom stereocenters. The third kappa shape index (κ3) is 4.45. The van der Waals surface area contributed by atoms with Crippen LogP contribution in [0.2, 0.25) is 0 Å². The maximum absolute atomic E-state index is 12.8. The van der Waals surface area contributed by atoms with E-state index in [4.69, 9.17) is 0 Å². The zero-order valence-electron chi connectivity index (χ0n) is 15.3. The second-order valence-electron chi connectivity index (χ2n) is 6.23. The number of anilines is 1. The molecule has 0 aliphatic heterocycles. The lowest BCUT2D eigenvalue weighted by atomic mass is 10.1. The lowest BCUT2D eigenvalue weighted by molar-refractivity contribution is -0.137. The van der Waals surface area contributed by atoms with E-state index in [1.54, 1.807) is 6.07 Å². The van der Waals surface area contributed by atoms with Crippen LogP contribution in [0.3, 0.4) is 0 Å². The Balaban J connectivity index is 1.77. The molecule has 1 aromatic carbocycles. The first-order chi connectivity index (χ1) is 13.6. The number of amides is 1. The molecule has 0 aliphatic rings. The number of benzene rings is 1. The van der Waals surface area contributed by atoms with Gasteiger partial charge in [0, 0.05) is 37.7 Å². The van der Waals surface area contributed by atoms with Crippen molar-refractivity contribution in [2.45, 2.75) is 12.6 Å². The number of carbonyl (C=O) groups excluding carboxylic acids is 1. The average molecular weight is 424 g/mol. The van der Waals surface area contributed by atoms with Crippen LogP contribution in [0.4, 0.5) is 18.3 Å². The van der Waals surface area contributed by atoms with Crippen LogP contribution in [0.5, 0.6) is 0 Å². The number of thiazole rings is 1. The van der Waals surface area contributed by atoms with Gasteiger partial charge in [0.25, 0.3) is 11.5 Å². The molecule has 2 heterocycles. The van der Waals surface area contributed by atoms with E-state index in [0.717, 1.165) is 38.7 Å². The zero-order valence-corrected chi connectivity index (χ0v) is 16.1. The molecule has 0 spiro atoms. The van der Waals surface area contributed by atoms with Crippen molar-refractivity contribution in [3.63, 3.8) is 0 Å². The lowest BCUT2D eigenvalue weighted by Crippen LogP contribution is -2.39. The van der Waals surface area contributed by atoms with Gasteiger partial charge in [-0.15, -0.1) is 11.3 Å². The smallest absolute Gasteiger partial charge is 0.297 e. The fourth-order valence-corrected chi connectivity index (χ4v) is 3.46. The van der Waals surface area contributed by atoms with Gasteiger partial charge in [-0.1, -0.05) is 18.2 Å². The number of rotatable bonds is 4. The molecule has 152 valence electrons. The van der Waals surface area contributed by atoms with Crippen LogP contribution in [0.25, 0.3) is 0 Å². The van der Waals surface area contributed by atoms with E-state index >= 15 is 0 Å². The van der Waals surface area contributed by atoms with Gasteiger partial charge >= 0.3 is 11.9 Å². The minimum absolute atomic E-state index is 0.132. The number of carbonyl (C=O) groups is 1. The predicted octanol–water partition coefficient (Wildman–Crippen LogP) is 2.40.